The van der Waals surface area contributed by atoms with Gasteiger partial charge in [-0.15, -0.1) is 0 Å². The predicted octanol–water partition coefficient (Wildman–Crippen LogP) is 2.95. The lowest BCUT2D eigenvalue weighted by Crippen LogP contribution is -2.39. The number of fused-ring (bicyclic) bond motifs is 1. The van der Waals surface area contributed by atoms with Crippen molar-refractivity contribution in [3.8, 4) is 0 Å². The van der Waals surface area contributed by atoms with E-state index in [0.717, 1.165) is 30.5 Å². The van der Waals surface area contributed by atoms with Crippen molar-refractivity contribution in [3.05, 3.63) is 60.2 Å². The summed E-state index contributed by atoms with van der Waals surface area (Å²) in [6.45, 7) is 2.35. The van der Waals surface area contributed by atoms with E-state index in [-0.39, 0.29) is 6.04 Å². The van der Waals surface area contributed by atoms with Gasteiger partial charge in [0.25, 0.3) is 0 Å². The molecule has 25 heavy (non-hydrogen) atoms. The Morgan fingerprint density at radius 1 is 1.12 bits per heavy atom. The van der Waals surface area contributed by atoms with Crippen molar-refractivity contribution in [1.82, 2.24) is 18.7 Å². The fraction of sp³-hybridized carbons (Fsp3) is 0.333. The fourth-order valence-electron chi connectivity index (χ4n) is 3.46. The van der Waals surface area contributed by atoms with Crippen LogP contribution in [0, 0.1) is 6.92 Å². The number of rotatable bonds is 3. The van der Waals surface area contributed by atoms with E-state index in [0.29, 0.717) is 17.2 Å². The topological polar surface area (TPSA) is 67.6 Å². The van der Waals surface area contributed by atoms with Gasteiger partial charge in [-0.05, 0) is 37.5 Å². The Kier molecular flexibility index (Phi) is 4.05. The number of aromatic nitrogens is 3. The van der Waals surface area contributed by atoms with Gasteiger partial charge in [0.15, 0.2) is 0 Å². The summed E-state index contributed by atoms with van der Waals surface area (Å²) in [5, 5.41) is 0. The third-order valence-corrected chi connectivity index (χ3v) is 6.83. The predicted molar refractivity (Wildman–Crippen MR) is 94.6 cm³/mol. The Bertz CT molecular complexity index is 1010. The zero-order valence-electron chi connectivity index (χ0n) is 14.0. The molecule has 1 saturated heterocycles. The highest BCUT2D eigenvalue weighted by molar-refractivity contribution is 7.89. The van der Waals surface area contributed by atoms with Crippen molar-refractivity contribution in [1.29, 1.82) is 0 Å². The smallest absolute Gasteiger partial charge is 0.243 e. The van der Waals surface area contributed by atoms with Crippen molar-refractivity contribution in [2.45, 2.75) is 37.1 Å². The third-order valence-electron chi connectivity index (χ3n) is 4.76. The highest BCUT2D eigenvalue weighted by Crippen LogP contribution is 2.35. The Morgan fingerprint density at radius 3 is 2.80 bits per heavy atom. The molecule has 4 rings (SSSR count). The van der Waals surface area contributed by atoms with Gasteiger partial charge < -0.3 is 0 Å². The van der Waals surface area contributed by atoms with Gasteiger partial charge in [0.1, 0.15) is 0 Å². The Balaban J connectivity index is 1.77. The molecule has 0 aliphatic carbocycles. The average molecular weight is 356 g/mol. The maximum Gasteiger partial charge on any atom is 0.243 e. The van der Waals surface area contributed by atoms with E-state index in [1.807, 2.05) is 41.9 Å². The molecule has 1 fully saturated rings. The summed E-state index contributed by atoms with van der Waals surface area (Å²) in [6, 6.07) is 8.79. The fourth-order valence-corrected chi connectivity index (χ4v) is 5.36. The molecule has 1 unspecified atom stereocenters. The number of sulfonamides is 1. The first kappa shape index (κ1) is 16.2. The number of piperidine rings is 1. The number of imidazole rings is 1. The second-order valence-corrected chi connectivity index (χ2v) is 8.24. The summed E-state index contributed by atoms with van der Waals surface area (Å²) in [6.07, 6.45) is 8.04. The van der Waals surface area contributed by atoms with Crippen molar-refractivity contribution in [2.24, 2.45) is 0 Å². The normalized spacial score (nSPS) is 19.3. The van der Waals surface area contributed by atoms with Crippen LogP contribution in [0.3, 0.4) is 0 Å². The Labute approximate surface area is 147 Å². The third kappa shape index (κ3) is 2.83. The quantitative estimate of drug-likeness (QED) is 0.724. The highest BCUT2D eigenvalue weighted by Gasteiger charge is 2.35. The molecule has 1 aromatic carbocycles. The molecular weight excluding hydrogens is 336 g/mol. The molecule has 3 aromatic rings. The molecule has 1 atom stereocenters. The van der Waals surface area contributed by atoms with Gasteiger partial charge in [0.2, 0.25) is 15.8 Å². The maximum atomic E-state index is 13.3. The van der Waals surface area contributed by atoms with Gasteiger partial charge in [-0.25, -0.2) is 18.4 Å². The minimum absolute atomic E-state index is 0.250. The molecule has 130 valence electrons. The number of nitrogens with zero attached hydrogens (tertiary/aromatic N) is 4. The molecule has 3 heterocycles. The monoisotopic (exact) mass is 356 g/mol. The number of benzene rings is 1. The molecule has 6 nitrogen and oxygen atoms in total. The summed E-state index contributed by atoms with van der Waals surface area (Å²) in [5.41, 5.74) is 1.53. The molecule has 0 N–H and O–H groups in total. The maximum absolute atomic E-state index is 13.3. The van der Waals surface area contributed by atoms with Gasteiger partial charge in [0, 0.05) is 25.1 Å². The lowest BCUT2D eigenvalue weighted by molar-refractivity contribution is 0.251. The minimum Gasteiger partial charge on any atom is -0.291 e. The molecule has 0 saturated carbocycles. The molecular formula is C18H20N4O2S. The van der Waals surface area contributed by atoms with E-state index in [4.69, 9.17) is 0 Å². The van der Waals surface area contributed by atoms with Gasteiger partial charge >= 0.3 is 0 Å². The Hall–Kier alpha value is -2.25. The zero-order valence-corrected chi connectivity index (χ0v) is 14.9. The van der Waals surface area contributed by atoms with Crippen LogP contribution in [0.2, 0.25) is 0 Å². The van der Waals surface area contributed by atoms with Crippen molar-refractivity contribution in [3.63, 3.8) is 0 Å². The lowest BCUT2D eigenvalue weighted by atomic mass is 10.0. The molecule has 0 radical (unpaired) electrons. The molecule has 1 aliphatic heterocycles. The first-order valence-corrected chi connectivity index (χ1v) is 9.88. The van der Waals surface area contributed by atoms with Gasteiger partial charge in [-0.2, -0.15) is 4.31 Å². The molecule has 7 heteroatoms. The summed E-state index contributed by atoms with van der Waals surface area (Å²) in [4.78, 5) is 9.18. The average Bonchev–Trinajstić information content (AvgIpc) is 3.09. The van der Waals surface area contributed by atoms with Crippen LogP contribution in [-0.4, -0.2) is 33.6 Å². The van der Waals surface area contributed by atoms with Crippen molar-refractivity contribution < 1.29 is 8.42 Å². The largest absolute Gasteiger partial charge is 0.291 e. The summed E-state index contributed by atoms with van der Waals surface area (Å²) in [5.74, 6) is 0.594. The zero-order chi connectivity index (χ0) is 17.4. The van der Waals surface area contributed by atoms with Crippen LogP contribution in [-0.2, 0) is 10.0 Å². The van der Waals surface area contributed by atoms with Crippen molar-refractivity contribution in [2.75, 3.05) is 6.54 Å². The Morgan fingerprint density at radius 2 is 1.96 bits per heavy atom. The second kappa shape index (κ2) is 6.24. The summed E-state index contributed by atoms with van der Waals surface area (Å²) in [7, 11) is -3.56. The lowest BCUT2D eigenvalue weighted by Gasteiger charge is -2.34. The van der Waals surface area contributed by atoms with E-state index in [9.17, 15) is 8.42 Å². The number of hydrogen-bond donors (Lipinski definition) is 0. The first-order valence-electron chi connectivity index (χ1n) is 8.44. The molecule has 0 amide bonds. The van der Waals surface area contributed by atoms with Gasteiger partial charge in [-0.1, -0.05) is 24.6 Å². The van der Waals surface area contributed by atoms with Crippen molar-refractivity contribution >= 4 is 15.8 Å². The molecule has 2 aromatic heterocycles. The van der Waals surface area contributed by atoms with Crippen LogP contribution < -0.4 is 0 Å². The number of aryl methyl sites for hydroxylation is 1. The standard InChI is InChI=1S/C18H20N4O2S/c1-14-6-2-3-8-17(14)25(23,24)22-11-5-4-7-16(22)15-9-12-21-13-10-19-18(21)20-15/h2-3,6,8-10,12-13,16H,4-5,7,11H2,1H3. The second-order valence-electron chi connectivity index (χ2n) is 6.38. The van der Waals surface area contributed by atoms with Crippen LogP contribution in [0.15, 0.2) is 53.8 Å². The van der Waals surface area contributed by atoms with Gasteiger partial charge in [0.05, 0.1) is 16.6 Å². The summed E-state index contributed by atoms with van der Waals surface area (Å²) < 4.78 is 30.0. The van der Waals surface area contributed by atoms with Crippen LogP contribution in [0.25, 0.3) is 5.78 Å². The van der Waals surface area contributed by atoms with Gasteiger partial charge in [-0.3, -0.25) is 4.40 Å². The molecule has 0 bridgehead atoms. The molecule has 1 aliphatic rings. The van der Waals surface area contributed by atoms with E-state index < -0.39 is 10.0 Å². The number of hydrogen-bond acceptors (Lipinski definition) is 4. The first-order chi connectivity index (χ1) is 12.1. The van der Waals surface area contributed by atoms with E-state index in [1.54, 1.807) is 22.6 Å². The molecule has 0 spiro atoms. The highest BCUT2D eigenvalue weighted by atomic mass is 32.2. The van der Waals surface area contributed by atoms with Crippen LogP contribution in [0.1, 0.15) is 36.6 Å². The van der Waals surface area contributed by atoms with Crippen LogP contribution in [0.5, 0.6) is 0 Å². The van der Waals surface area contributed by atoms with Crippen LogP contribution in [0.4, 0.5) is 0 Å². The van der Waals surface area contributed by atoms with E-state index in [1.165, 1.54) is 0 Å². The SMILES string of the molecule is Cc1ccccc1S(=O)(=O)N1CCCCC1c1ccn2ccnc2n1. The van der Waals surface area contributed by atoms with Crippen LogP contribution >= 0.6 is 0 Å². The summed E-state index contributed by atoms with van der Waals surface area (Å²) >= 11 is 0. The van der Waals surface area contributed by atoms with E-state index in [2.05, 4.69) is 9.97 Å². The van der Waals surface area contributed by atoms with E-state index >= 15 is 0 Å². The minimum atomic E-state index is -3.56.